The van der Waals surface area contributed by atoms with Crippen LogP contribution in [0.5, 0.6) is 0 Å². The number of pyridine rings is 1. The number of nitrogens with zero attached hydrogens (tertiary/aromatic N) is 1. The van der Waals surface area contributed by atoms with Gasteiger partial charge in [-0.05, 0) is 49.2 Å². The second kappa shape index (κ2) is 10.6. The predicted molar refractivity (Wildman–Crippen MR) is 117 cm³/mol. The van der Waals surface area contributed by atoms with Gasteiger partial charge in [0, 0.05) is 24.6 Å². The van der Waals surface area contributed by atoms with Crippen LogP contribution in [0.1, 0.15) is 16.8 Å². The molecule has 0 spiro atoms. The van der Waals surface area contributed by atoms with Crippen molar-refractivity contribution in [2.24, 2.45) is 0 Å². The van der Waals surface area contributed by atoms with Crippen LogP contribution in [0, 0.1) is 31.0 Å². The molecule has 0 bridgehead atoms. The Kier molecular flexibility index (Phi) is 7.81. The summed E-state index contributed by atoms with van der Waals surface area (Å²) in [6.07, 6.45) is 0. The van der Waals surface area contributed by atoms with Crippen molar-refractivity contribution in [2.45, 2.75) is 20.8 Å². The van der Waals surface area contributed by atoms with E-state index in [2.05, 4.69) is 104 Å². The summed E-state index contributed by atoms with van der Waals surface area (Å²) in [5, 5.41) is 0. The molecule has 0 radical (unpaired) electrons. The van der Waals surface area contributed by atoms with Crippen LogP contribution in [-0.2, 0) is 0 Å². The summed E-state index contributed by atoms with van der Waals surface area (Å²) in [7, 11) is -4.94. The minimum Gasteiger partial charge on any atom is -0.222 e. The summed E-state index contributed by atoms with van der Waals surface area (Å²) in [4.78, 5) is 0. The number of benzene rings is 3. The molecule has 0 aliphatic rings. The minimum absolute atomic E-state index is 1.06. The predicted octanol–water partition coefficient (Wildman–Crippen LogP) is 1.35. The number of para-hydroxylation sites is 1. The van der Waals surface area contributed by atoms with E-state index in [4.69, 9.17) is 18.6 Å². The van der Waals surface area contributed by atoms with Gasteiger partial charge in [-0.3, -0.25) is 0 Å². The molecule has 7 heteroatoms. The van der Waals surface area contributed by atoms with E-state index in [1.165, 1.54) is 27.8 Å². The Bertz CT molecular complexity index is 1180. The molecule has 0 atom stereocenters. The van der Waals surface area contributed by atoms with E-state index >= 15 is 0 Å². The molecule has 3 aromatic carbocycles. The van der Waals surface area contributed by atoms with E-state index in [0.717, 1.165) is 17.1 Å². The molecule has 0 saturated heterocycles. The lowest BCUT2D eigenvalue weighted by molar-refractivity contribution is -2.00. The first-order chi connectivity index (χ1) is 15.6. The van der Waals surface area contributed by atoms with Gasteiger partial charge in [0.1, 0.15) is 0 Å². The summed E-state index contributed by atoms with van der Waals surface area (Å²) < 4.78 is 36.1. The molecule has 1 N–H and O–H groups in total. The Balaban J connectivity index is 0.000000555. The molecule has 6 nitrogen and oxygen atoms in total. The first-order valence-electron chi connectivity index (χ1n) is 10.2. The lowest BCUT2D eigenvalue weighted by Crippen LogP contribution is -2.68. The zero-order valence-electron chi connectivity index (χ0n) is 18.6. The lowest BCUT2D eigenvalue weighted by atomic mass is 10.0. The normalized spacial score (nSPS) is 10.9. The number of aromatic nitrogens is 1. The maximum atomic E-state index is 8.49. The molecule has 0 unspecified atom stereocenters. The fourth-order valence-electron chi connectivity index (χ4n) is 3.37. The van der Waals surface area contributed by atoms with Gasteiger partial charge in [-0.2, -0.15) is 5.43 Å². The summed E-state index contributed by atoms with van der Waals surface area (Å²) in [6.45, 7) is 6.38. The Morgan fingerprint density at radius 1 is 0.606 bits per heavy atom. The van der Waals surface area contributed by atoms with Crippen molar-refractivity contribution in [3.63, 3.8) is 0 Å². The zero-order chi connectivity index (χ0) is 24.0. The van der Waals surface area contributed by atoms with Crippen molar-refractivity contribution < 1.29 is 33.6 Å². The van der Waals surface area contributed by atoms with E-state index in [1.54, 1.807) is 0 Å². The number of rotatable bonds is 4. The Morgan fingerprint density at radius 2 is 1.09 bits per heavy atom. The van der Waals surface area contributed by atoms with Crippen LogP contribution in [0.4, 0.5) is 5.69 Å². The van der Waals surface area contributed by atoms with Gasteiger partial charge in [0.15, 0.2) is 0 Å². The van der Waals surface area contributed by atoms with Crippen LogP contribution in [0.15, 0.2) is 91.0 Å². The first kappa shape index (κ1) is 24.4. The molecular formula is C26H25ClN2O4. The number of nitrogens with one attached hydrogen (secondary N) is 1. The number of hydrogen-bond donors (Lipinski definition) is 1. The highest BCUT2D eigenvalue weighted by Crippen LogP contribution is 2.26. The number of halogens is 1. The molecule has 1 heterocycles. The van der Waals surface area contributed by atoms with Gasteiger partial charge >= 0.3 is 0 Å². The van der Waals surface area contributed by atoms with Crippen molar-refractivity contribution in [2.75, 3.05) is 5.43 Å². The summed E-state index contributed by atoms with van der Waals surface area (Å²) in [5.74, 6) is 0. The summed E-state index contributed by atoms with van der Waals surface area (Å²) in [5.41, 5.74) is 13.1. The zero-order valence-corrected chi connectivity index (χ0v) is 19.4. The number of hydrogen-bond acceptors (Lipinski definition) is 5. The smallest absolute Gasteiger partial charge is 0.222 e. The molecule has 0 aliphatic carbocycles. The van der Waals surface area contributed by atoms with Gasteiger partial charge in [0.25, 0.3) is 0 Å². The van der Waals surface area contributed by atoms with Gasteiger partial charge in [-0.1, -0.05) is 70.4 Å². The SMILES string of the molecule is Cc1ccc(-c2cc(C)[n+](Nc3ccccc3)c(-c3ccc(C)cc3)c2)cc1.[O-][Cl+3]([O-])([O-])[O-]. The fraction of sp³-hybridized carbons (Fsp3) is 0.115. The molecule has 0 amide bonds. The number of anilines is 1. The monoisotopic (exact) mass is 464 g/mol. The molecule has 170 valence electrons. The van der Waals surface area contributed by atoms with Crippen LogP contribution in [0.25, 0.3) is 22.4 Å². The lowest BCUT2D eigenvalue weighted by Gasteiger charge is -2.17. The van der Waals surface area contributed by atoms with Crippen molar-refractivity contribution >= 4 is 5.69 Å². The van der Waals surface area contributed by atoms with Crippen molar-refractivity contribution in [3.8, 4) is 22.4 Å². The van der Waals surface area contributed by atoms with E-state index in [9.17, 15) is 0 Å². The summed E-state index contributed by atoms with van der Waals surface area (Å²) in [6, 6.07) is 32.2. The largest absolute Gasteiger partial charge is 0.243 e. The first-order valence-corrected chi connectivity index (χ1v) is 11.5. The third-order valence-electron chi connectivity index (χ3n) is 5.00. The maximum absolute atomic E-state index is 8.49. The van der Waals surface area contributed by atoms with Gasteiger partial charge in [0.2, 0.25) is 11.4 Å². The summed E-state index contributed by atoms with van der Waals surface area (Å²) >= 11 is 0. The van der Waals surface area contributed by atoms with Crippen molar-refractivity contribution in [1.29, 1.82) is 0 Å². The molecular weight excluding hydrogens is 440 g/mol. The second-order valence-corrected chi connectivity index (χ2v) is 8.45. The van der Waals surface area contributed by atoms with Crippen LogP contribution in [0.3, 0.4) is 0 Å². The molecule has 4 rings (SSSR count). The average molecular weight is 465 g/mol. The molecule has 1 aromatic heterocycles. The molecule has 4 aromatic rings. The van der Waals surface area contributed by atoms with Crippen LogP contribution < -0.4 is 28.7 Å². The van der Waals surface area contributed by atoms with Crippen molar-refractivity contribution in [3.05, 3.63) is 108 Å². The van der Waals surface area contributed by atoms with Gasteiger partial charge in [-0.25, -0.2) is 18.6 Å². The van der Waals surface area contributed by atoms with Gasteiger partial charge in [0.05, 0.1) is 5.69 Å². The van der Waals surface area contributed by atoms with E-state index < -0.39 is 10.2 Å². The van der Waals surface area contributed by atoms with E-state index in [1.807, 2.05) is 18.2 Å². The van der Waals surface area contributed by atoms with E-state index in [-0.39, 0.29) is 0 Å². The Labute approximate surface area is 195 Å². The highest BCUT2D eigenvalue weighted by molar-refractivity contribution is 5.69. The Morgan fingerprint density at radius 3 is 1.61 bits per heavy atom. The second-order valence-electron chi connectivity index (χ2n) is 7.69. The quantitative estimate of drug-likeness (QED) is 0.459. The molecule has 0 aliphatic heterocycles. The van der Waals surface area contributed by atoms with Crippen molar-refractivity contribution in [1.82, 2.24) is 0 Å². The number of aryl methyl sites for hydroxylation is 3. The third-order valence-corrected chi connectivity index (χ3v) is 5.00. The van der Waals surface area contributed by atoms with Crippen LogP contribution in [-0.4, -0.2) is 0 Å². The highest BCUT2D eigenvalue weighted by atomic mass is 35.7. The molecule has 33 heavy (non-hydrogen) atoms. The molecule has 0 fully saturated rings. The topological polar surface area (TPSA) is 108 Å². The third kappa shape index (κ3) is 7.39. The maximum Gasteiger partial charge on any atom is 0.243 e. The minimum atomic E-state index is -4.94. The van der Waals surface area contributed by atoms with Crippen LogP contribution >= 0.6 is 0 Å². The average Bonchev–Trinajstić information content (AvgIpc) is 2.76. The highest BCUT2D eigenvalue weighted by Gasteiger charge is 2.20. The standard InChI is InChI=1S/C26H25N2.ClHO4/c1-19-9-13-22(14-10-19)24-17-21(3)28(27-25-7-5-4-6-8-25)26(18-24)23-15-11-20(2)12-16-23;2-1(3,4)5/h4-18,27H,1-3H3;(H,2,3,4,5)/q+1;/p-1. The fourth-order valence-corrected chi connectivity index (χ4v) is 3.37. The Hall–Kier alpha value is -3.26. The van der Waals surface area contributed by atoms with Crippen LogP contribution in [0.2, 0.25) is 0 Å². The molecule has 0 saturated carbocycles. The van der Waals surface area contributed by atoms with E-state index in [0.29, 0.717) is 0 Å². The van der Waals surface area contributed by atoms with Gasteiger partial charge in [-0.15, -0.1) is 10.2 Å². The van der Waals surface area contributed by atoms with Gasteiger partial charge < -0.3 is 0 Å².